The molecule has 1 atom stereocenters. The molecule has 5 nitrogen and oxygen atoms in total. The van der Waals surface area contributed by atoms with Gasteiger partial charge >= 0.3 is 0 Å². The molecule has 1 aromatic carbocycles. The summed E-state index contributed by atoms with van der Waals surface area (Å²) < 4.78 is 0. The number of aryl methyl sites for hydroxylation is 1. The monoisotopic (exact) mass is 471 g/mol. The van der Waals surface area contributed by atoms with Crippen LogP contribution in [0, 0.1) is 12.8 Å². The first-order valence-electron chi connectivity index (χ1n) is 8.11. The molecule has 1 aliphatic rings. The number of guanidine groups is 1. The quantitative estimate of drug-likeness (QED) is 0.403. The SMILES string of the molecule is Cc1ccc(Cl)cc1N1CCC(CN=C(N)Nc2ccccn2)C1.I. The summed E-state index contributed by atoms with van der Waals surface area (Å²) >= 11 is 6.13. The molecule has 1 aromatic heterocycles. The highest BCUT2D eigenvalue weighted by Gasteiger charge is 2.23. The fourth-order valence-electron chi connectivity index (χ4n) is 2.96. The van der Waals surface area contributed by atoms with Crippen LogP contribution >= 0.6 is 35.6 Å². The fourth-order valence-corrected chi connectivity index (χ4v) is 3.12. The minimum Gasteiger partial charge on any atom is -0.371 e. The summed E-state index contributed by atoms with van der Waals surface area (Å²) in [6.45, 7) is 4.82. The molecule has 1 saturated heterocycles. The maximum absolute atomic E-state index is 6.13. The third-order valence-electron chi connectivity index (χ3n) is 4.24. The molecular weight excluding hydrogens is 449 g/mol. The first-order valence-corrected chi connectivity index (χ1v) is 8.48. The zero-order valence-electron chi connectivity index (χ0n) is 14.2. The lowest BCUT2D eigenvalue weighted by molar-refractivity contribution is 0.603. The average molecular weight is 472 g/mol. The first-order chi connectivity index (χ1) is 11.6. The van der Waals surface area contributed by atoms with Gasteiger partial charge in [-0.3, -0.25) is 4.99 Å². The third-order valence-corrected chi connectivity index (χ3v) is 4.47. The number of hydrogen-bond acceptors (Lipinski definition) is 3. The van der Waals surface area contributed by atoms with Crippen molar-refractivity contribution in [1.29, 1.82) is 0 Å². The second-order valence-corrected chi connectivity index (χ2v) is 6.53. The summed E-state index contributed by atoms with van der Waals surface area (Å²) in [5, 5.41) is 3.79. The number of anilines is 2. The molecule has 134 valence electrons. The lowest BCUT2D eigenvalue weighted by Gasteiger charge is -2.21. The van der Waals surface area contributed by atoms with E-state index >= 15 is 0 Å². The Morgan fingerprint density at radius 2 is 2.24 bits per heavy atom. The van der Waals surface area contributed by atoms with E-state index in [1.807, 2.05) is 30.3 Å². The molecular formula is C18H23ClIN5. The van der Waals surface area contributed by atoms with E-state index in [9.17, 15) is 0 Å². The Morgan fingerprint density at radius 3 is 3.00 bits per heavy atom. The van der Waals surface area contributed by atoms with Crippen molar-refractivity contribution in [3.63, 3.8) is 0 Å². The van der Waals surface area contributed by atoms with E-state index in [1.165, 1.54) is 11.3 Å². The second-order valence-electron chi connectivity index (χ2n) is 6.10. The molecule has 1 unspecified atom stereocenters. The van der Waals surface area contributed by atoms with Crippen LogP contribution in [0.25, 0.3) is 0 Å². The summed E-state index contributed by atoms with van der Waals surface area (Å²) in [7, 11) is 0. The van der Waals surface area contributed by atoms with Gasteiger partial charge in [-0.05, 0) is 49.1 Å². The van der Waals surface area contributed by atoms with Gasteiger partial charge in [-0.1, -0.05) is 23.7 Å². The lowest BCUT2D eigenvalue weighted by atomic mass is 10.1. The van der Waals surface area contributed by atoms with Crippen molar-refractivity contribution in [3.05, 3.63) is 53.2 Å². The van der Waals surface area contributed by atoms with E-state index in [0.29, 0.717) is 24.2 Å². The number of hydrogen-bond donors (Lipinski definition) is 2. The zero-order valence-corrected chi connectivity index (χ0v) is 17.2. The molecule has 2 heterocycles. The number of aromatic nitrogens is 1. The Bertz CT molecular complexity index is 723. The van der Waals surface area contributed by atoms with E-state index in [-0.39, 0.29) is 24.0 Å². The number of nitrogens with two attached hydrogens (primary N) is 1. The number of halogens is 2. The van der Waals surface area contributed by atoms with Crippen LogP contribution in [0.5, 0.6) is 0 Å². The summed E-state index contributed by atoms with van der Waals surface area (Å²) in [4.78, 5) is 11.0. The van der Waals surface area contributed by atoms with Gasteiger partial charge in [-0.25, -0.2) is 4.98 Å². The van der Waals surface area contributed by atoms with Gasteiger partial charge in [0.2, 0.25) is 0 Å². The Kier molecular flexibility index (Phi) is 7.31. The van der Waals surface area contributed by atoms with Gasteiger partial charge in [0.15, 0.2) is 5.96 Å². The summed E-state index contributed by atoms with van der Waals surface area (Å²) in [6.07, 6.45) is 2.82. The fraction of sp³-hybridized carbons (Fsp3) is 0.333. The van der Waals surface area contributed by atoms with Crippen molar-refractivity contribution in [2.45, 2.75) is 13.3 Å². The Morgan fingerprint density at radius 1 is 1.40 bits per heavy atom. The molecule has 0 amide bonds. The second kappa shape index (κ2) is 9.24. The largest absolute Gasteiger partial charge is 0.371 e. The van der Waals surface area contributed by atoms with E-state index in [2.05, 4.69) is 33.2 Å². The van der Waals surface area contributed by atoms with Crippen LogP contribution in [0.1, 0.15) is 12.0 Å². The van der Waals surface area contributed by atoms with Gasteiger partial charge < -0.3 is 16.0 Å². The Labute approximate surface area is 170 Å². The van der Waals surface area contributed by atoms with Crippen molar-refractivity contribution in [2.75, 3.05) is 29.9 Å². The zero-order chi connectivity index (χ0) is 16.9. The van der Waals surface area contributed by atoms with Gasteiger partial charge in [-0.2, -0.15) is 0 Å². The molecule has 1 fully saturated rings. The predicted molar refractivity (Wildman–Crippen MR) is 116 cm³/mol. The van der Waals surface area contributed by atoms with Crippen LogP contribution in [-0.4, -0.2) is 30.6 Å². The van der Waals surface area contributed by atoms with Crippen molar-refractivity contribution in [3.8, 4) is 0 Å². The summed E-state index contributed by atoms with van der Waals surface area (Å²) in [5.41, 5.74) is 8.41. The highest BCUT2D eigenvalue weighted by Crippen LogP contribution is 2.29. The highest BCUT2D eigenvalue weighted by molar-refractivity contribution is 14.0. The number of aliphatic imine (C=N–C) groups is 1. The predicted octanol–water partition coefficient (Wildman–Crippen LogP) is 3.91. The average Bonchev–Trinajstić information content (AvgIpc) is 3.05. The smallest absolute Gasteiger partial charge is 0.194 e. The Hall–Kier alpha value is -1.54. The molecule has 0 aliphatic carbocycles. The number of nitrogens with zero attached hydrogens (tertiary/aromatic N) is 3. The standard InChI is InChI=1S/C18H22ClN5.HI/c1-13-5-6-15(19)10-16(13)24-9-7-14(12-24)11-22-18(20)23-17-4-2-3-8-21-17;/h2-6,8,10,14H,7,9,11-12H2,1H3,(H3,20,21,22,23);1H. The molecule has 3 rings (SSSR count). The van der Waals surface area contributed by atoms with Crippen LogP contribution in [0.2, 0.25) is 5.02 Å². The van der Waals surface area contributed by atoms with Crippen LogP contribution in [0.3, 0.4) is 0 Å². The van der Waals surface area contributed by atoms with E-state index in [0.717, 1.165) is 24.5 Å². The molecule has 0 spiro atoms. The van der Waals surface area contributed by atoms with Crippen LogP contribution in [0.4, 0.5) is 11.5 Å². The van der Waals surface area contributed by atoms with E-state index in [1.54, 1.807) is 6.20 Å². The molecule has 1 aliphatic heterocycles. The maximum atomic E-state index is 6.13. The summed E-state index contributed by atoms with van der Waals surface area (Å²) in [6, 6.07) is 11.7. The number of pyridine rings is 1. The van der Waals surface area contributed by atoms with Crippen molar-refractivity contribution in [2.24, 2.45) is 16.6 Å². The van der Waals surface area contributed by atoms with Gasteiger partial charge in [0.05, 0.1) is 0 Å². The van der Waals surface area contributed by atoms with Gasteiger partial charge in [-0.15, -0.1) is 24.0 Å². The number of benzene rings is 1. The Balaban J connectivity index is 0.00000225. The maximum Gasteiger partial charge on any atom is 0.194 e. The van der Waals surface area contributed by atoms with Crippen LogP contribution in [-0.2, 0) is 0 Å². The third kappa shape index (κ3) is 5.47. The topological polar surface area (TPSA) is 66.5 Å². The van der Waals surface area contributed by atoms with Gasteiger partial charge in [0, 0.05) is 36.5 Å². The lowest BCUT2D eigenvalue weighted by Crippen LogP contribution is -2.25. The molecule has 25 heavy (non-hydrogen) atoms. The van der Waals surface area contributed by atoms with E-state index < -0.39 is 0 Å². The molecule has 3 N–H and O–H groups in total. The normalized spacial score (nSPS) is 17.3. The molecule has 2 aromatic rings. The van der Waals surface area contributed by atoms with Crippen molar-refractivity contribution in [1.82, 2.24) is 4.98 Å². The van der Waals surface area contributed by atoms with Gasteiger partial charge in [0.1, 0.15) is 5.82 Å². The molecule has 0 radical (unpaired) electrons. The van der Waals surface area contributed by atoms with Crippen molar-refractivity contribution >= 4 is 53.0 Å². The molecule has 0 bridgehead atoms. The minimum atomic E-state index is 0. The summed E-state index contributed by atoms with van der Waals surface area (Å²) in [5.74, 6) is 1.61. The minimum absolute atomic E-state index is 0. The van der Waals surface area contributed by atoms with Crippen molar-refractivity contribution < 1.29 is 0 Å². The number of rotatable bonds is 4. The van der Waals surface area contributed by atoms with Crippen LogP contribution in [0.15, 0.2) is 47.6 Å². The van der Waals surface area contributed by atoms with Gasteiger partial charge in [0.25, 0.3) is 0 Å². The first kappa shape index (κ1) is 19.8. The van der Waals surface area contributed by atoms with Crippen LogP contribution < -0.4 is 16.0 Å². The molecule has 7 heteroatoms. The molecule has 0 saturated carbocycles. The van der Waals surface area contributed by atoms with E-state index in [4.69, 9.17) is 17.3 Å². The number of nitrogens with one attached hydrogen (secondary N) is 1. The highest BCUT2D eigenvalue weighted by atomic mass is 127.